The van der Waals surface area contributed by atoms with Crippen molar-refractivity contribution in [2.45, 2.75) is 19.4 Å². The van der Waals surface area contributed by atoms with Gasteiger partial charge in [-0.1, -0.05) is 11.6 Å². The maximum absolute atomic E-state index is 12.3. The fourth-order valence-electron chi connectivity index (χ4n) is 2.31. The standard InChI is InChI=1S/C17H16ClN3O4S/c1-10(16(23)20-13-7-11(18)3-4-14(13)24-2)25-15(22)8-12-9-21-5-6-26-17(21)19-12/h3-7,9-10H,8H2,1-2H3,(H,20,23)/t10-/m1/s1. The zero-order chi connectivity index (χ0) is 18.7. The third-order valence-corrected chi connectivity index (χ3v) is 4.57. The lowest BCUT2D eigenvalue weighted by Crippen LogP contribution is -2.30. The molecule has 3 rings (SSSR count). The molecule has 2 heterocycles. The molecule has 1 N–H and O–H groups in total. The summed E-state index contributed by atoms with van der Waals surface area (Å²) in [5.41, 5.74) is 0.994. The molecule has 0 unspecified atom stereocenters. The maximum atomic E-state index is 12.3. The lowest BCUT2D eigenvalue weighted by Gasteiger charge is -2.15. The van der Waals surface area contributed by atoms with E-state index in [0.29, 0.717) is 22.2 Å². The van der Waals surface area contributed by atoms with Gasteiger partial charge in [0.15, 0.2) is 11.1 Å². The third kappa shape index (κ3) is 4.14. The monoisotopic (exact) mass is 393 g/mol. The van der Waals surface area contributed by atoms with Gasteiger partial charge in [-0.05, 0) is 25.1 Å². The molecule has 7 nitrogen and oxygen atoms in total. The summed E-state index contributed by atoms with van der Waals surface area (Å²) in [5.74, 6) is -0.555. The summed E-state index contributed by atoms with van der Waals surface area (Å²) in [6.45, 7) is 1.50. The van der Waals surface area contributed by atoms with Gasteiger partial charge in [0.2, 0.25) is 0 Å². The molecular weight excluding hydrogens is 378 g/mol. The average Bonchev–Trinajstić information content (AvgIpc) is 3.16. The van der Waals surface area contributed by atoms with Crippen LogP contribution in [-0.4, -0.2) is 34.5 Å². The van der Waals surface area contributed by atoms with Crippen LogP contribution in [0.5, 0.6) is 5.75 Å². The molecule has 0 saturated carbocycles. The quantitative estimate of drug-likeness (QED) is 0.650. The van der Waals surface area contributed by atoms with Crippen molar-refractivity contribution in [1.29, 1.82) is 0 Å². The number of rotatable bonds is 6. The first-order chi connectivity index (χ1) is 12.5. The zero-order valence-electron chi connectivity index (χ0n) is 14.1. The highest BCUT2D eigenvalue weighted by Crippen LogP contribution is 2.27. The topological polar surface area (TPSA) is 81.9 Å². The molecule has 3 aromatic rings. The van der Waals surface area contributed by atoms with Gasteiger partial charge in [0.25, 0.3) is 5.91 Å². The third-order valence-electron chi connectivity index (χ3n) is 3.57. The second-order valence-corrected chi connectivity index (χ2v) is 6.78. The van der Waals surface area contributed by atoms with Crippen LogP contribution in [0.3, 0.4) is 0 Å². The Balaban J connectivity index is 1.59. The fourth-order valence-corrected chi connectivity index (χ4v) is 3.20. The minimum atomic E-state index is -0.977. The normalized spacial score (nSPS) is 12.0. The minimum absolute atomic E-state index is 0.00743. The van der Waals surface area contributed by atoms with E-state index in [-0.39, 0.29) is 6.42 Å². The van der Waals surface area contributed by atoms with Crippen molar-refractivity contribution >= 4 is 45.5 Å². The van der Waals surface area contributed by atoms with E-state index in [2.05, 4.69) is 10.3 Å². The lowest BCUT2D eigenvalue weighted by molar-refractivity contribution is -0.152. The van der Waals surface area contributed by atoms with Crippen LogP contribution in [0.1, 0.15) is 12.6 Å². The van der Waals surface area contributed by atoms with Gasteiger partial charge in [-0.25, -0.2) is 4.98 Å². The number of benzene rings is 1. The van der Waals surface area contributed by atoms with Crippen molar-refractivity contribution in [3.8, 4) is 5.75 Å². The van der Waals surface area contributed by atoms with E-state index in [1.807, 2.05) is 16.0 Å². The molecule has 136 valence electrons. The Morgan fingerprint density at radius 1 is 1.42 bits per heavy atom. The Morgan fingerprint density at radius 2 is 2.23 bits per heavy atom. The first-order valence-electron chi connectivity index (χ1n) is 7.71. The van der Waals surface area contributed by atoms with Crippen molar-refractivity contribution in [1.82, 2.24) is 9.38 Å². The molecule has 0 radical (unpaired) electrons. The molecule has 0 saturated heterocycles. The number of amides is 1. The lowest BCUT2D eigenvalue weighted by atomic mass is 10.2. The van der Waals surface area contributed by atoms with E-state index in [1.165, 1.54) is 25.4 Å². The first-order valence-corrected chi connectivity index (χ1v) is 8.97. The summed E-state index contributed by atoms with van der Waals surface area (Å²) in [6, 6.07) is 4.85. The Hall–Kier alpha value is -2.58. The molecule has 0 fully saturated rings. The van der Waals surface area contributed by atoms with Crippen molar-refractivity contribution in [3.05, 3.63) is 46.7 Å². The number of methoxy groups -OCH3 is 1. The second kappa shape index (κ2) is 7.76. The zero-order valence-corrected chi connectivity index (χ0v) is 15.6. The molecule has 0 aliphatic heterocycles. The molecule has 0 bridgehead atoms. The van der Waals surface area contributed by atoms with Gasteiger partial charge in [-0.15, -0.1) is 11.3 Å². The molecule has 1 atom stereocenters. The molecule has 9 heteroatoms. The van der Waals surface area contributed by atoms with E-state index in [4.69, 9.17) is 21.1 Å². The summed E-state index contributed by atoms with van der Waals surface area (Å²) < 4.78 is 12.2. The number of carbonyl (C=O) groups excluding carboxylic acids is 2. The number of hydrogen-bond donors (Lipinski definition) is 1. The van der Waals surface area contributed by atoms with Crippen LogP contribution >= 0.6 is 22.9 Å². The van der Waals surface area contributed by atoms with Crippen molar-refractivity contribution in [3.63, 3.8) is 0 Å². The number of halogens is 1. The minimum Gasteiger partial charge on any atom is -0.495 e. The van der Waals surface area contributed by atoms with Gasteiger partial charge in [0, 0.05) is 22.8 Å². The molecular formula is C17H16ClN3O4S. The Bertz CT molecular complexity index is 924. The van der Waals surface area contributed by atoms with Crippen molar-refractivity contribution < 1.29 is 19.1 Å². The highest BCUT2D eigenvalue weighted by atomic mass is 35.5. The number of aromatic nitrogens is 2. The first kappa shape index (κ1) is 18.2. The highest BCUT2D eigenvalue weighted by Gasteiger charge is 2.20. The predicted molar refractivity (Wildman–Crippen MR) is 99.0 cm³/mol. The van der Waals surface area contributed by atoms with Crippen LogP contribution in [0, 0.1) is 0 Å². The Kier molecular flexibility index (Phi) is 5.43. The molecule has 1 amide bonds. The van der Waals surface area contributed by atoms with Gasteiger partial charge >= 0.3 is 5.97 Å². The van der Waals surface area contributed by atoms with Crippen LogP contribution in [0.2, 0.25) is 5.02 Å². The van der Waals surface area contributed by atoms with Crippen molar-refractivity contribution in [2.24, 2.45) is 0 Å². The summed E-state index contributed by atoms with van der Waals surface area (Å²) in [7, 11) is 1.48. The van der Waals surface area contributed by atoms with E-state index in [1.54, 1.807) is 24.4 Å². The molecule has 2 aromatic heterocycles. The summed E-state index contributed by atoms with van der Waals surface area (Å²) in [6.07, 6.45) is 2.63. The van der Waals surface area contributed by atoms with Gasteiger partial charge in [0.05, 0.1) is 24.9 Å². The number of hydrogen-bond acceptors (Lipinski definition) is 6. The van der Waals surface area contributed by atoms with Crippen molar-refractivity contribution in [2.75, 3.05) is 12.4 Å². The van der Waals surface area contributed by atoms with E-state index >= 15 is 0 Å². The molecule has 1 aromatic carbocycles. The van der Waals surface area contributed by atoms with E-state index in [0.717, 1.165) is 4.96 Å². The average molecular weight is 394 g/mol. The Labute approximate surface area is 158 Å². The smallest absolute Gasteiger partial charge is 0.312 e. The second-order valence-electron chi connectivity index (χ2n) is 5.47. The number of anilines is 1. The molecule has 0 aliphatic rings. The molecule has 26 heavy (non-hydrogen) atoms. The molecule has 0 spiro atoms. The number of nitrogens with zero attached hydrogens (tertiary/aromatic N) is 2. The van der Waals surface area contributed by atoms with Gasteiger partial charge in [-0.3, -0.25) is 14.0 Å². The number of imidazole rings is 1. The maximum Gasteiger partial charge on any atom is 0.312 e. The largest absolute Gasteiger partial charge is 0.495 e. The van der Waals surface area contributed by atoms with Crippen LogP contribution in [0.4, 0.5) is 5.69 Å². The van der Waals surface area contributed by atoms with E-state index in [9.17, 15) is 9.59 Å². The summed E-state index contributed by atoms with van der Waals surface area (Å²) >= 11 is 7.41. The number of ether oxygens (including phenoxy) is 2. The van der Waals surface area contributed by atoms with E-state index < -0.39 is 18.0 Å². The summed E-state index contributed by atoms with van der Waals surface area (Å²) in [4.78, 5) is 29.4. The highest BCUT2D eigenvalue weighted by molar-refractivity contribution is 7.15. The number of esters is 1. The van der Waals surface area contributed by atoms with Crippen LogP contribution in [0.15, 0.2) is 36.0 Å². The predicted octanol–water partition coefficient (Wildman–Crippen LogP) is 3.17. The Morgan fingerprint density at radius 3 is 2.96 bits per heavy atom. The summed E-state index contributed by atoms with van der Waals surface area (Å²) in [5, 5.41) is 5.00. The van der Waals surface area contributed by atoms with Crippen LogP contribution < -0.4 is 10.1 Å². The fraction of sp³-hybridized carbons (Fsp3) is 0.235. The van der Waals surface area contributed by atoms with Gasteiger partial charge < -0.3 is 14.8 Å². The van der Waals surface area contributed by atoms with Gasteiger partial charge in [-0.2, -0.15) is 0 Å². The van der Waals surface area contributed by atoms with Gasteiger partial charge in [0.1, 0.15) is 5.75 Å². The number of thiazole rings is 1. The number of carbonyl (C=O) groups is 2. The van der Waals surface area contributed by atoms with Crippen LogP contribution in [0.25, 0.3) is 4.96 Å². The number of fused-ring (bicyclic) bond motifs is 1. The molecule has 0 aliphatic carbocycles. The SMILES string of the molecule is COc1ccc(Cl)cc1NC(=O)[C@@H](C)OC(=O)Cc1cn2ccsc2n1. The van der Waals surface area contributed by atoms with Crippen LogP contribution in [-0.2, 0) is 20.7 Å². The number of nitrogens with one attached hydrogen (secondary N) is 1.